The van der Waals surface area contributed by atoms with Crippen LogP contribution >= 0.6 is 0 Å². The quantitative estimate of drug-likeness (QED) is 0.564. The number of nitrogens with one attached hydrogen (secondary N) is 2. The first-order valence-corrected chi connectivity index (χ1v) is 12.4. The van der Waals surface area contributed by atoms with Gasteiger partial charge >= 0.3 is 0 Å². The SMILES string of the molecule is COc1cc(-c2cc(C(=O)N3CC[C@H](C(=O)NC4CCCn5ccnc54)CC34CC4)n[nH]2)c(F)cn1. The van der Waals surface area contributed by atoms with E-state index in [9.17, 15) is 14.0 Å². The van der Waals surface area contributed by atoms with E-state index in [4.69, 9.17) is 4.74 Å². The van der Waals surface area contributed by atoms with Crippen molar-refractivity contribution in [2.75, 3.05) is 13.7 Å². The van der Waals surface area contributed by atoms with Crippen LogP contribution in [0.4, 0.5) is 4.39 Å². The number of piperidine rings is 1. The van der Waals surface area contributed by atoms with Crippen LogP contribution in [-0.4, -0.2) is 60.6 Å². The fraction of sp³-hybridized carbons (Fsp3) is 0.480. The number of rotatable bonds is 5. The number of aryl methyl sites for hydroxylation is 1. The fourth-order valence-electron chi connectivity index (χ4n) is 5.64. The Morgan fingerprint density at radius 3 is 2.89 bits per heavy atom. The molecule has 11 heteroatoms. The maximum Gasteiger partial charge on any atom is 0.274 e. The number of imidazole rings is 1. The molecule has 2 amide bonds. The number of amides is 2. The highest BCUT2D eigenvalue weighted by Gasteiger charge is 2.54. The number of methoxy groups -OCH3 is 1. The van der Waals surface area contributed by atoms with Crippen molar-refractivity contribution in [2.45, 2.75) is 56.7 Å². The van der Waals surface area contributed by atoms with Crippen LogP contribution < -0.4 is 10.1 Å². The predicted octanol–water partition coefficient (Wildman–Crippen LogP) is 2.85. The summed E-state index contributed by atoms with van der Waals surface area (Å²) in [6.07, 6.45) is 9.66. The second-order valence-electron chi connectivity index (χ2n) is 9.93. The van der Waals surface area contributed by atoms with E-state index in [-0.39, 0.29) is 46.5 Å². The number of aromatic amines is 1. The number of carbonyl (C=O) groups is 2. The summed E-state index contributed by atoms with van der Waals surface area (Å²) in [5.74, 6) is 0.340. The molecule has 2 atom stereocenters. The Kier molecular flexibility index (Phi) is 5.50. The van der Waals surface area contributed by atoms with Crippen molar-refractivity contribution in [3.8, 4) is 17.1 Å². The zero-order chi connectivity index (χ0) is 24.9. The summed E-state index contributed by atoms with van der Waals surface area (Å²) >= 11 is 0. The molecule has 2 aliphatic heterocycles. The van der Waals surface area contributed by atoms with Gasteiger partial charge in [-0.2, -0.15) is 5.10 Å². The van der Waals surface area contributed by atoms with Gasteiger partial charge < -0.3 is 19.5 Å². The van der Waals surface area contributed by atoms with Gasteiger partial charge in [-0.1, -0.05) is 0 Å². The van der Waals surface area contributed by atoms with Gasteiger partial charge in [-0.3, -0.25) is 14.7 Å². The summed E-state index contributed by atoms with van der Waals surface area (Å²) in [6.45, 7) is 1.41. The van der Waals surface area contributed by atoms with E-state index in [0.29, 0.717) is 25.1 Å². The molecule has 2 N–H and O–H groups in total. The highest BCUT2D eigenvalue weighted by atomic mass is 19.1. The van der Waals surface area contributed by atoms with E-state index >= 15 is 0 Å². The minimum absolute atomic E-state index is 0.0407. The summed E-state index contributed by atoms with van der Waals surface area (Å²) in [7, 11) is 1.45. The molecular formula is C25H28FN7O3. The number of ether oxygens (including phenoxy) is 1. The molecule has 5 heterocycles. The van der Waals surface area contributed by atoms with Crippen LogP contribution in [0.1, 0.15) is 60.9 Å². The first-order chi connectivity index (χ1) is 17.5. The van der Waals surface area contributed by atoms with E-state index in [0.717, 1.165) is 44.2 Å². The fourth-order valence-corrected chi connectivity index (χ4v) is 5.64. The number of halogens is 1. The maximum atomic E-state index is 14.3. The lowest BCUT2D eigenvalue weighted by Crippen LogP contribution is -2.51. The number of carbonyl (C=O) groups excluding carboxylic acids is 2. The summed E-state index contributed by atoms with van der Waals surface area (Å²) in [5, 5.41) is 10.2. The summed E-state index contributed by atoms with van der Waals surface area (Å²) in [5.41, 5.74) is 0.519. The van der Waals surface area contributed by atoms with Crippen LogP contribution in [0.2, 0.25) is 0 Å². The van der Waals surface area contributed by atoms with Crippen LogP contribution in [0.25, 0.3) is 11.3 Å². The molecule has 0 aromatic carbocycles. The Morgan fingerprint density at radius 1 is 1.22 bits per heavy atom. The van der Waals surface area contributed by atoms with Gasteiger partial charge in [0.25, 0.3) is 5.91 Å². The second-order valence-corrected chi connectivity index (χ2v) is 9.93. The molecular weight excluding hydrogens is 465 g/mol. The molecule has 1 aliphatic carbocycles. The van der Waals surface area contributed by atoms with Crippen LogP contribution in [0.3, 0.4) is 0 Å². The number of fused-ring (bicyclic) bond motifs is 1. The number of likely N-dealkylation sites (tertiary alicyclic amines) is 1. The molecule has 1 unspecified atom stereocenters. The van der Waals surface area contributed by atoms with E-state index in [1.54, 1.807) is 12.3 Å². The Labute approximate surface area is 207 Å². The molecule has 1 saturated heterocycles. The van der Waals surface area contributed by atoms with Crippen LogP contribution in [0.5, 0.6) is 5.88 Å². The summed E-state index contributed by atoms with van der Waals surface area (Å²) < 4.78 is 21.5. The average molecular weight is 494 g/mol. The highest BCUT2D eigenvalue weighted by Crippen LogP contribution is 2.50. The molecule has 3 aromatic rings. The molecule has 3 aromatic heterocycles. The molecule has 36 heavy (non-hydrogen) atoms. The molecule has 1 saturated carbocycles. The van der Waals surface area contributed by atoms with Crippen LogP contribution in [0, 0.1) is 11.7 Å². The lowest BCUT2D eigenvalue weighted by molar-refractivity contribution is -0.128. The monoisotopic (exact) mass is 493 g/mol. The molecule has 3 aliphatic rings. The maximum absolute atomic E-state index is 14.3. The van der Waals surface area contributed by atoms with Crippen molar-refractivity contribution in [3.05, 3.63) is 48.1 Å². The highest BCUT2D eigenvalue weighted by molar-refractivity contribution is 5.94. The van der Waals surface area contributed by atoms with Crippen LogP contribution in [0.15, 0.2) is 30.7 Å². The number of hydrogen-bond donors (Lipinski definition) is 2. The van der Waals surface area contributed by atoms with Crippen molar-refractivity contribution in [3.63, 3.8) is 0 Å². The van der Waals surface area contributed by atoms with Gasteiger partial charge in [0, 0.05) is 48.6 Å². The van der Waals surface area contributed by atoms with Gasteiger partial charge in [0.2, 0.25) is 11.8 Å². The largest absolute Gasteiger partial charge is 0.481 e. The number of H-pyrrole nitrogens is 1. The van der Waals surface area contributed by atoms with E-state index < -0.39 is 5.82 Å². The normalized spacial score (nSPS) is 22.2. The van der Waals surface area contributed by atoms with Crippen molar-refractivity contribution in [1.29, 1.82) is 0 Å². The van der Waals surface area contributed by atoms with Gasteiger partial charge in [0.15, 0.2) is 11.5 Å². The topological polar surface area (TPSA) is 118 Å². The zero-order valence-corrected chi connectivity index (χ0v) is 20.0. The van der Waals surface area contributed by atoms with Gasteiger partial charge in [0.05, 0.1) is 25.0 Å². The van der Waals surface area contributed by atoms with Gasteiger partial charge in [-0.05, 0) is 44.6 Å². The van der Waals surface area contributed by atoms with Crippen molar-refractivity contribution in [2.24, 2.45) is 5.92 Å². The zero-order valence-electron chi connectivity index (χ0n) is 20.0. The number of hydrogen-bond acceptors (Lipinski definition) is 6. The van der Waals surface area contributed by atoms with E-state index in [1.807, 2.05) is 11.1 Å². The third kappa shape index (κ3) is 3.92. The molecule has 10 nitrogen and oxygen atoms in total. The Morgan fingerprint density at radius 2 is 2.08 bits per heavy atom. The minimum atomic E-state index is -0.538. The Hall–Kier alpha value is -3.76. The molecule has 6 rings (SSSR count). The number of aromatic nitrogens is 5. The summed E-state index contributed by atoms with van der Waals surface area (Å²) in [6, 6.07) is 2.95. The lowest BCUT2D eigenvalue weighted by Gasteiger charge is -2.40. The third-order valence-electron chi connectivity index (χ3n) is 7.74. The lowest BCUT2D eigenvalue weighted by atomic mass is 9.87. The van der Waals surface area contributed by atoms with Gasteiger partial charge in [-0.25, -0.2) is 14.4 Å². The standard InChI is InChI=1S/C25H28FN7O3/c1-36-21-11-16(17(26)14-28-21)19-12-20(31-30-19)24(35)33-9-4-15(13-25(33)5-6-25)23(34)29-18-3-2-8-32-10-7-27-22(18)32/h7,10-12,14-15,18H,2-6,8-9,13H2,1H3,(H,29,34)(H,30,31)/t15-,18?/m0/s1. The van der Waals surface area contributed by atoms with Crippen molar-refractivity contribution >= 4 is 11.8 Å². The first-order valence-electron chi connectivity index (χ1n) is 12.4. The first kappa shape index (κ1) is 22.7. The molecule has 0 bridgehead atoms. The van der Waals surface area contributed by atoms with Gasteiger partial charge in [-0.15, -0.1) is 0 Å². The van der Waals surface area contributed by atoms with E-state index in [2.05, 4.69) is 30.0 Å². The van der Waals surface area contributed by atoms with E-state index in [1.165, 1.54) is 13.2 Å². The van der Waals surface area contributed by atoms with Crippen LogP contribution in [-0.2, 0) is 11.3 Å². The molecule has 188 valence electrons. The Balaban J connectivity index is 1.14. The van der Waals surface area contributed by atoms with Crippen molar-refractivity contribution in [1.82, 2.24) is 34.9 Å². The third-order valence-corrected chi connectivity index (χ3v) is 7.74. The average Bonchev–Trinajstić information content (AvgIpc) is 3.27. The predicted molar refractivity (Wildman–Crippen MR) is 126 cm³/mol. The molecule has 1 spiro atoms. The minimum Gasteiger partial charge on any atom is -0.481 e. The van der Waals surface area contributed by atoms with Gasteiger partial charge in [0.1, 0.15) is 5.82 Å². The Bertz CT molecular complexity index is 1310. The molecule has 0 radical (unpaired) electrons. The smallest absolute Gasteiger partial charge is 0.274 e. The summed E-state index contributed by atoms with van der Waals surface area (Å²) in [4.78, 5) is 36.7. The van der Waals surface area contributed by atoms with Crippen molar-refractivity contribution < 1.29 is 18.7 Å². The number of pyridine rings is 1. The molecule has 2 fully saturated rings. The number of nitrogens with zero attached hydrogens (tertiary/aromatic N) is 5. The second kappa shape index (κ2) is 8.72.